The fourth-order valence-electron chi connectivity index (χ4n) is 2.61. The Labute approximate surface area is 159 Å². The molecule has 3 rings (SSSR count). The van der Waals surface area contributed by atoms with Gasteiger partial charge in [0.25, 0.3) is 5.91 Å². The number of carbonyl (C=O) groups excluding carboxylic acids is 1. The molecule has 2 aromatic carbocycles. The molecule has 146 valence electrons. The molecule has 0 atom stereocenters. The zero-order valence-electron chi connectivity index (χ0n) is 14.9. The number of ether oxygens (including phenoxy) is 1. The molecule has 0 aliphatic heterocycles. The SMILES string of the molecule is CCc1ccccc1OCC(=O)Nc1cc(C(F)(F)F)ccc1-n1cncn1. The van der Waals surface area contributed by atoms with E-state index in [9.17, 15) is 18.0 Å². The normalized spacial score (nSPS) is 11.3. The molecule has 6 nitrogen and oxygen atoms in total. The fraction of sp³-hybridized carbons (Fsp3) is 0.211. The van der Waals surface area contributed by atoms with Gasteiger partial charge in [-0.2, -0.15) is 18.3 Å². The monoisotopic (exact) mass is 390 g/mol. The van der Waals surface area contributed by atoms with Gasteiger partial charge in [0.05, 0.1) is 16.9 Å². The molecule has 9 heteroatoms. The predicted octanol–water partition coefficient (Wildman–Crippen LogP) is 3.87. The fourth-order valence-corrected chi connectivity index (χ4v) is 2.61. The van der Waals surface area contributed by atoms with Crippen molar-refractivity contribution >= 4 is 11.6 Å². The molecule has 3 aromatic rings. The summed E-state index contributed by atoms with van der Waals surface area (Å²) in [7, 11) is 0. The molecule has 0 saturated carbocycles. The quantitative estimate of drug-likeness (QED) is 0.694. The average molecular weight is 390 g/mol. The Morgan fingerprint density at radius 1 is 1.21 bits per heavy atom. The van der Waals surface area contributed by atoms with E-state index < -0.39 is 17.6 Å². The molecule has 0 spiro atoms. The van der Waals surface area contributed by atoms with Crippen LogP contribution in [0.1, 0.15) is 18.1 Å². The van der Waals surface area contributed by atoms with Crippen molar-refractivity contribution in [3.63, 3.8) is 0 Å². The number of para-hydroxylation sites is 1. The maximum atomic E-state index is 13.1. The van der Waals surface area contributed by atoms with E-state index in [1.807, 2.05) is 19.1 Å². The zero-order chi connectivity index (χ0) is 20.1. The van der Waals surface area contributed by atoms with E-state index in [1.54, 1.807) is 12.1 Å². The Balaban J connectivity index is 1.80. The van der Waals surface area contributed by atoms with Crippen molar-refractivity contribution in [2.75, 3.05) is 11.9 Å². The van der Waals surface area contributed by atoms with Gasteiger partial charge < -0.3 is 10.1 Å². The van der Waals surface area contributed by atoms with E-state index in [0.29, 0.717) is 5.75 Å². The van der Waals surface area contributed by atoms with Crippen LogP contribution in [-0.2, 0) is 17.4 Å². The van der Waals surface area contributed by atoms with Crippen molar-refractivity contribution < 1.29 is 22.7 Å². The molecular formula is C19H17F3N4O2. The van der Waals surface area contributed by atoms with E-state index in [-0.39, 0.29) is 18.0 Å². The van der Waals surface area contributed by atoms with Gasteiger partial charge in [-0.1, -0.05) is 25.1 Å². The number of carbonyl (C=O) groups is 1. The maximum absolute atomic E-state index is 13.1. The van der Waals surface area contributed by atoms with Crippen molar-refractivity contribution in [2.24, 2.45) is 0 Å². The topological polar surface area (TPSA) is 69.0 Å². The van der Waals surface area contributed by atoms with Crippen LogP contribution in [-0.4, -0.2) is 27.3 Å². The Kier molecular flexibility index (Phi) is 5.62. The van der Waals surface area contributed by atoms with Gasteiger partial charge in [-0.05, 0) is 36.2 Å². The Morgan fingerprint density at radius 2 is 2.00 bits per heavy atom. The van der Waals surface area contributed by atoms with E-state index >= 15 is 0 Å². The van der Waals surface area contributed by atoms with Gasteiger partial charge >= 0.3 is 6.18 Å². The van der Waals surface area contributed by atoms with Crippen molar-refractivity contribution in [3.05, 3.63) is 66.2 Å². The molecule has 0 aliphatic rings. The summed E-state index contributed by atoms with van der Waals surface area (Å²) in [4.78, 5) is 16.1. The first-order chi connectivity index (χ1) is 13.4. The number of rotatable bonds is 6. The van der Waals surface area contributed by atoms with Crippen molar-refractivity contribution in [3.8, 4) is 11.4 Å². The second kappa shape index (κ2) is 8.12. The summed E-state index contributed by atoms with van der Waals surface area (Å²) in [6.45, 7) is 1.61. The summed E-state index contributed by atoms with van der Waals surface area (Å²) in [5.74, 6) is -0.0349. The van der Waals surface area contributed by atoms with Gasteiger partial charge in [-0.3, -0.25) is 4.79 Å². The molecule has 0 bridgehead atoms. The van der Waals surface area contributed by atoms with Crippen LogP contribution in [0.25, 0.3) is 5.69 Å². The molecule has 1 heterocycles. The second-order valence-corrected chi connectivity index (χ2v) is 5.87. The largest absolute Gasteiger partial charge is 0.483 e. The number of amides is 1. The average Bonchev–Trinajstić information content (AvgIpc) is 3.20. The number of aryl methyl sites for hydroxylation is 1. The van der Waals surface area contributed by atoms with Crippen LogP contribution in [0.3, 0.4) is 0 Å². The van der Waals surface area contributed by atoms with Crippen LogP contribution in [0.2, 0.25) is 0 Å². The van der Waals surface area contributed by atoms with E-state index in [0.717, 1.165) is 24.1 Å². The lowest BCUT2D eigenvalue weighted by molar-refractivity contribution is -0.137. The summed E-state index contributed by atoms with van der Waals surface area (Å²) < 4.78 is 46.0. The van der Waals surface area contributed by atoms with Crippen LogP contribution in [0.5, 0.6) is 5.75 Å². The molecule has 1 N–H and O–H groups in total. The first-order valence-corrected chi connectivity index (χ1v) is 8.45. The standard InChI is InChI=1S/C19H17F3N4O2/c1-2-13-5-3-4-6-17(13)28-10-18(27)25-15-9-14(19(20,21)22)7-8-16(15)26-12-23-11-24-26/h3-9,11-12H,2,10H2,1H3,(H,25,27). The van der Waals surface area contributed by atoms with E-state index in [1.165, 1.54) is 23.4 Å². The summed E-state index contributed by atoms with van der Waals surface area (Å²) in [5, 5.41) is 6.37. The number of nitrogens with zero attached hydrogens (tertiary/aromatic N) is 3. The van der Waals surface area contributed by atoms with Gasteiger partial charge in [0.1, 0.15) is 18.4 Å². The molecule has 0 fully saturated rings. The van der Waals surface area contributed by atoms with E-state index in [2.05, 4.69) is 15.4 Å². The minimum atomic E-state index is -4.54. The van der Waals surface area contributed by atoms with Crippen molar-refractivity contribution in [2.45, 2.75) is 19.5 Å². The highest BCUT2D eigenvalue weighted by atomic mass is 19.4. The number of benzene rings is 2. The molecule has 0 radical (unpaired) electrons. The minimum absolute atomic E-state index is 0.0438. The van der Waals surface area contributed by atoms with Gasteiger partial charge in [0.2, 0.25) is 0 Å². The maximum Gasteiger partial charge on any atom is 0.416 e. The van der Waals surface area contributed by atoms with Gasteiger partial charge in [0, 0.05) is 0 Å². The number of hydrogen-bond donors (Lipinski definition) is 1. The number of anilines is 1. The molecule has 0 unspecified atom stereocenters. The predicted molar refractivity (Wildman–Crippen MR) is 96.3 cm³/mol. The third-order valence-electron chi connectivity index (χ3n) is 3.98. The molecule has 0 saturated heterocycles. The highest BCUT2D eigenvalue weighted by Gasteiger charge is 2.31. The Bertz CT molecular complexity index is 956. The first kappa shape index (κ1) is 19.4. The van der Waals surface area contributed by atoms with Gasteiger partial charge in [-0.25, -0.2) is 9.67 Å². The lowest BCUT2D eigenvalue weighted by Gasteiger charge is -2.15. The third kappa shape index (κ3) is 4.48. The lowest BCUT2D eigenvalue weighted by atomic mass is 10.1. The Morgan fingerprint density at radius 3 is 2.68 bits per heavy atom. The number of aromatic nitrogens is 3. The summed E-state index contributed by atoms with van der Waals surface area (Å²) in [5.41, 5.74) is 0.257. The van der Waals surface area contributed by atoms with Crippen LogP contribution < -0.4 is 10.1 Å². The summed E-state index contributed by atoms with van der Waals surface area (Å²) >= 11 is 0. The first-order valence-electron chi connectivity index (χ1n) is 8.45. The molecule has 1 amide bonds. The summed E-state index contributed by atoms with van der Waals surface area (Å²) in [6, 6.07) is 10.2. The number of hydrogen-bond acceptors (Lipinski definition) is 4. The second-order valence-electron chi connectivity index (χ2n) is 5.87. The number of halogens is 3. The molecular weight excluding hydrogens is 373 g/mol. The molecule has 0 aliphatic carbocycles. The van der Waals surface area contributed by atoms with Crippen LogP contribution in [0, 0.1) is 0 Å². The smallest absolute Gasteiger partial charge is 0.416 e. The molecule has 28 heavy (non-hydrogen) atoms. The minimum Gasteiger partial charge on any atom is -0.483 e. The lowest BCUT2D eigenvalue weighted by Crippen LogP contribution is -2.22. The zero-order valence-corrected chi connectivity index (χ0v) is 14.9. The Hall–Kier alpha value is -3.36. The van der Waals surface area contributed by atoms with Crippen molar-refractivity contribution in [1.82, 2.24) is 14.8 Å². The van der Waals surface area contributed by atoms with Crippen molar-refractivity contribution in [1.29, 1.82) is 0 Å². The number of nitrogens with one attached hydrogen (secondary N) is 1. The van der Waals surface area contributed by atoms with Crippen LogP contribution in [0.15, 0.2) is 55.1 Å². The van der Waals surface area contributed by atoms with Crippen LogP contribution >= 0.6 is 0 Å². The summed E-state index contributed by atoms with van der Waals surface area (Å²) in [6.07, 6.45) is -1.25. The van der Waals surface area contributed by atoms with Gasteiger partial charge in [0.15, 0.2) is 6.61 Å². The molecule has 1 aromatic heterocycles. The highest BCUT2D eigenvalue weighted by Crippen LogP contribution is 2.33. The number of alkyl halides is 3. The van der Waals surface area contributed by atoms with Crippen LogP contribution in [0.4, 0.5) is 18.9 Å². The van der Waals surface area contributed by atoms with Gasteiger partial charge in [-0.15, -0.1) is 0 Å². The van der Waals surface area contributed by atoms with E-state index in [4.69, 9.17) is 4.74 Å². The highest BCUT2D eigenvalue weighted by molar-refractivity contribution is 5.94. The third-order valence-corrected chi connectivity index (χ3v) is 3.98.